The van der Waals surface area contributed by atoms with Crippen LogP contribution in [0.2, 0.25) is 0 Å². The predicted octanol–water partition coefficient (Wildman–Crippen LogP) is 3.06. The second-order valence-electron chi connectivity index (χ2n) is 6.68. The van der Waals surface area contributed by atoms with E-state index in [1.54, 1.807) is 18.9 Å². The van der Waals surface area contributed by atoms with E-state index in [0.717, 1.165) is 59.0 Å². The minimum Gasteiger partial charge on any atom is -0.497 e. The van der Waals surface area contributed by atoms with Crippen LogP contribution in [0.25, 0.3) is 11.2 Å². The fraction of sp³-hybridized carbons (Fsp3) is 0.450. The molecule has 1 aromatic carbocycles. The molecule has 0 N–H and O–H groups in total. The Labute approximate surface area is 169 Å². The highest BCUT2D eigenvalue weighted by atomic mass is 32.2. The molecule has 8 heteroatoms. The Kier molecular flexibility index (Phi) is 5.68. The first kappa shape index (κ1) is 19.0. The van der Waals surface area contributed by atoms with Gasteiger partial charge in [0.25, 0.3) is 0 Å². The Bertz CT molecular complexity index is 951. The third-order valence-electron chi connectivity index (χ3n) is 4.93. The van der Waals surface area contributed by atoms with Crippen LogP contribution in [0.5, 0.6) is 5.75 Å². The van der Waals surface area contributed by atoms with Crippen LogP contribution in [-0.4, -0.2) is 52.9 Å². The van der Waals surface area contributed by atoms with Crippen LogP contribution >= 0.6 is 11.8 Å². The molecule has 0 saturated carbocycles. The van der Waals surface area contributed by atoms with Crippen molar-refractivity contribution in [3.8, 4) is 5.75 Å². The molecule has 0 unspecified atom stereocenters. The van der Waals surface area contributed by atoms with Crippen molar-refractivity contribution in [2.24, 2.45) is 7.05 Å². The van der Waals surface area contributed by atoms with Crippen LogP contribution in [0.15, 0.2) is 29.4 Å². The van der Waals surface area contributed by atoms with Gasteiger partial charge in [0.15, 0.2) is 22.1 Å². The number of aromatic nitrogens is 4. The maximum Gasteiger partial charge on any atom is 0.191 e. The second-order valence-corrected chi connectivity index (χ2v) is 7.62. The third-order valence-corrected chi connectivity index (χ3v) is 5.84. The fourth-order valence-corrected chi connectivity index (χ4v) is 4.11. The zero-order valence-electron chi connectivity index (χ0n) is 16.5. The fourth-order valence-electron chi connectivity index (χ4n) is 3.32. The first-order chi connectivity index (χ1) is 13.7. The summed E-state index contributed by atoms with van der Waals surface area (Å²) in [6.45, 7) is 5.20. The van der Waals surface area contributed by atoms with Crippen molar-refractivity contribution in [3.05, 3.63) is 35.7 Å². The molecule has 3 aromatic rings. The van der Waals surface area contributed by atoms with E-state index in [2.05, 4.69) is 28.5 Å². The summed E-state index contributed by atoms with van der Waals surface area (Å²) in [5, 5.41) is 0.774. The monoisotopic (exact) mass is 399 g/mol. The highest BCUT2D eigenvalue weighted by Gasteiger charge is 2.21. The zero-order chi connectivity index (χ0) is 19.5. The van der Waals surface area contributed by atoms with Gasteiger partial charge in [-0.3, -0.25) is 0 Å². The molecule has 1 fully saturated rings. The number of nitrogens with zero attached hydrogens (tertiary/aromatic N) is 5. The zero-order valence-corrected chi connectivity index (χ0v) is 17.3. The molecule has 0 amide bonds. The van der Waals surface area contributed by atoms with E-state index in [-0.39, 0.29) is 0 Å². The molecule has 0 bridgehead atoms. The summed E-state index contributed by atoms with van der Waals surface area (Å²) in [7, 11) is 3.71. The molecule has 1 aliphatic heterocycles. The minimum atomic E-state index is 0.716. The van der Waals surface area contributed by atoms with Gasteiger partial charge in [0, 0.05) is 32.3 Å². The molecule has 7 nitrogen and oxygen atoms in total. The Hall–Kier alpha value is -2.32. The summed E-state index contributed by atoms with van der Waals surface area (Å²) in [5.74, 6) is 3.61. The van der Waals surface area contributed by atoms with E-state index in [4.69, 9.17) is 24.4 Å². The molecule has 1 aliphatic rings. The van der Waals surface area contributed by atoms with E-state index in [9.17, 15) is 0 Å². The van der Waals surface area contributed by atoms with Crippen LogP contribution in [0, 0.1) is 0 Å². The van der Waals surface area contributed by atoms with Gasteiger partial charge in [-0.1, -0.05) is 30.8 Å². The Morgan fingerprint density at radius 3 is 2.54 bits per heavy atom. The largest absolute Gasteiger partial charge is 0.497 e. The quantitative estimate of drug-likeness (QED) is 0.466. The third kappa shape index (κ3) is 3.79. The molecule has 148 valence electrons. The lowest BCUT2D eigenvalue weighted by atomic mass is 10.2. The van der Waals surface area contributed by atoms with Gasteiger partial charge in [0.1, 0.15) is 11.6 Å². The minimum absolute atomic E-state index is 0.716. The van der Waals surface area contributed by atoms with Gasteiger partial charge >= 0.3 is 0 Å². The van der Waals surface area contributed by atoms with Crippen LogP contribution < -0.4 is 9.64 Å². The van der Waals surface area contributed by atoms with Gasteiger partial charge in [0.2, 0.25) is 0 Å². The van der Waals surface area contributed by atoms with Gasteiger partial charge < -0.3 is 18.9 Å². The Morgan fingerprint density at radius 1 is 1.11 bits per heavy atom. The number of hydrogen-bond acceptors (Lipinski definition) is 7. The predicted molar refractivity (Wildman–Crippen MR) is 111 cm³/mol. The topological polar surface area (TPSA) is 65.3 Å². The number of benzene rings is 1. The second kappa shape index (κ2) is 8.36. The lowest BCUT2D eigenvalue weighted by Gasteiger charge is -2.28. The first-order valence-electron chi connectivity index (χ1n) is 9.51. The molecule has 0 atom stereocenters. The van der Waals surface area contributed by atoms with Gasteiger partial charge in [-0.05, 0) is 17.7 Å². The highest BCUT2D eigenvalue weighted by Crippen LogP contribution is 2.29. The molecule has 28 heavy (non-hydrogen) atoms. The average Bonchev–Trinajstić information content (AvgIpc) is 3.08. The van der Waals surface area contributed by atoms with Crippen LogP contribution in [-0.2, 0) is 24.0 Å². The summed E-state index contributed by atoms with van der Waals surface area (Å²) >= 11 is 1.64. The van der Waals surface area contributed by atoms with Crippen LogP contribution in [0.1, 0.15) is 18.3 Å². The van der Waals surface area contributed by atoms with Crippen molar-refractivity contribution < 1.29 is 9.47 Å². The van der Waals surface area contributed by atoms with Crippen molar-refractivity contribution in [3.63, 3.8) is 0 Å². The normalized spacial score (nSPS) is 14.6. The number of thioether (sulfide) groups is 1. The summed E-state index contributed by atoms with van der Waals surface area (Å²) in [6, 6.07) is 8.11. The van der Waals surface area contributed by atoms with Crippen LogP contribution in [0.3, 0.4) is 0 Å². The molecule has 0 radical (unpaired) electrons. The maximum atomic E-state index is 5.51. The van der Waals surface area contributed by atoms with E-state index in [0.29, 0.717) is 13.2 Å². The van der Waals surface area contributed by atoms with E-state index < -0.39 is 0 Å². The smallest absolute Gasteiger partial charge is 0.191 e. The molecular weight excluding hydrogens is 374 g/mol. The number of ether oxygens (including phenoxy) is 2. The average molecular weight is 400 g/mol. The molecular formula is C20H25N5O2S. The molecule has 4 rings (SSSR count). The summed E-state index contributed by atoms with van der Waals surface area (Å²) < 4.78 is 12.8. The molecule has 0 aliphatic carbocycles. The number of anilines is 1. The molecule has 3 heterocycles. The maximum absolute atomic E-state index is 5.51. The number of aryl methyl sites for hydroxylation is 2. The van der Waals surface area contributed by atoms with Gasteiger partial charge in [-0.25, -0.2) is 15.0 Å². The number of morpholine rings is 1. The van der Waals surface area contributed by atoms with Crippen LogP contribution in [0.4, 0.5) is 5.82 Å². The SMILES string of the molecule is CCc1nc2c(N3CCOCC3)nc(SCc3ccc(OC)cc3)nc2n1C. The number of fused-ring (bicyclic) bond motifs is 1. The number of rotatable bonds is 6. The first-order valence-corrected chi connectivity index (χ1v) is 10.5. The number of methoxy groups -OCH3 is 1. The van der Waals surface area contributed by atoms with Crippen molar-refractivity contribution in [1.29, 1.82) is 0 Å². The Balaban J connectivity index is 1.66. The van der Waals surface area contributed by atoms with Gasteiger partial charge in [-0.15, -0.1) is 0 Å². The summed E-state index contributed by atoms with van der Waals surface area (Å²) in [6.07, 6.45) is 0.865. The standard InChI is InChI=1S/C20H25N5O2S/c1-4-16-21-17-18(24(16)2)22-20(23-19(17)25-9-11-27-12-10-25)28-13-14-5-7-15(26-3)8-6-14/h5-8H,4,9-13H2,1-3H3. The number of imidazole rings is 1. The highest BCUT2D eigenvalue weighted by molar-refractivity contribution is 7.98. The lowest BCUT2D eigenvalue weighted by molar-refractivity contribution is 0.122. The van der Waals surface area contributed by atoms with Gasteiger partial charge in [0.05, 0.1) is 20.3 Å². The van der Waals surface area contributed by atoms with E-state index in [1.165, 1.54) is 5.56 Å². The summed E-state index contributed by atoms with van der Waals surface area (Å²) in [5.41, 5.74) is 2.99. The lowest BCUT2D eigenvalue weighted by Crippen LogP contribution is -2.37. The Morgan fingerprint density at radius 2 is 1.86 bits per heavy atom. The molecule has 1 saturated heterocycles. The number of hydrogen-bond donors (Lipinski definition) is 0. The van der Waals surface area contributed by atoms with Gasteiger partial charge in [-0.2, -0.15) is 0 Å². The molecule has 0 spiro atoms. The molecule has 2 aromatic heterocycles. The van der Waals surface area contributed by atoms with Crippen molar-refractivity contribution in [2.45, 2.75) is 24.3 Å². The van der Waals surface area contributed by atoms with Crippen molar-refractivity contribution in [2.75, 3.05) is 38.3 Å². The van der Waals surface area contributed by atoms with E-state index >= 15 is 0 Å². The van der Waals surface area contributed by atoms with Crippen molar-refractivity contribution >= 4 is 28.7 Å². The summed E-state index contributed by atoms with van der Waals surface area (Å²) in [4.78, 5) is 16.8. The van der Waals surface area contributed by atoms with Crippen molar-refractivity contribution in [1.82, 2.24) is 19.5 Å². The van der Waals surface area contributed by atoms with E-state index in [1.807, 2.05) is 19.2 Å².